The maximum Gasteiger partial charge on any atom is 0.246 e. The Hall–Kier alpha value is -3.03. The summed E-state index contributed by atoms with van der Waals surface area (Å²) in [5, 5.41) is 9.56. The van der Waals surface area contributed by atoms with Crippen LogP contribution < -0.4 is 16.0 Å². The second-order valence-corrected chi connectivity index (χ2v) is 11.3. The molecule has 0 saturated carbocycles. The van der Waals surface area contributed by atoms with E-state index in [9.17, 15) is 14.4 Å². The Kier molecular flexibility index (Phi) is 10.9. The van der Waals surface area contributed by atoms with Crippen molar-refractivity contribution in [3.05, 3.63) is 71.8 Å². The molecule has 2 fully saturated rings. The third kappa shape index (κ3) is 6.99. The molecule has 3 N–H and O–H groups in total. The van der Waals surface area contributed by atoms with Gasteiger partial charge in [-0.2, -0.15) is 0 Å². The summed E-state index contributed by atoms with van der Waals surface area (Å²) in [4.78, 5) is 43.3. The number of carbonyl (C=O) groups is 3. The van der Waals surface area contributed by atoms with E-state index in [1.165, 1.54) is 0 Å². The van der Waals surface area contributed by atoms with Crippen molar-refractivity contribution in [1.29, 1.82) is 0 Å². The van der Waals surface area contributed by atoms with Crippen LogP contribution in [0.1, 0.15) is 75.8 Å². The number of rotatable bonds is 13. The molecule has 7 heteroatoms. The van der Waals surface area contributed by atoms with Crippen molar-refractivity contribution in [2.45, 2.75) is 88.9 Å². The van der Waals surface area contributed by atoms with E-state index in [2.05, 4.69) is 47.1 Å². The lowest BCUT2D eigenvalue weighted by Crippen LogP contribution is -2.57. The molecule has 2 saturated heterocycles. The second kappa shape index (κ2) is 14.6. The summed E-state index contributed by atoms with van der Waals surface area (Å²) in [6, 6.07) is 18.9. The number of carbonyl (C=O) groups excluding carboxylic acids is 3. The Morgan fingerprint density at radius 2 is 1.55 bits per heavy atom. The van der Waals surface area contributed by atoms with E-state index in [-0.39, 0.29) is 41.5 Å². The fourth-order valence-corrected chi connectivity index (χ4v) is 6.62. The molecule has 0 unspecified atom stereocenters. The van der Waals surface area contributed by atoms with Gasteiger partial charge in [-0.25, -0.2) is 0 Å². The van der Waals surface area contributed by atoms with Crippen molar-refractivity contribution in [2.75, 3.05) is 20.1 Å². The molecule has 0 radical (unpaired) electrons. The minimum Gasteiger partial charge on any atom is -0.343 e. The first-order chi connectivity index (χ1) is 19.5. The molecule has 5 atom stereocenters. The molecule has 40 heavy (non-hydrogen) atoms. The molecule has 2 heterocycles. The zero-order valence-electron chi connectivity index (χ0n) is 24.3. The van der Waals surface area contributed by atoms with Gasteiger partial charge < -0.3 is 20.9 Å². The number of amides is 2. The van der Waals surface area contributed by atoms with Crippen LogP contribution in [0.4, 0.5) is 0 Å². The van der Waals surface area contributed by atoms with Crippen LogP contribution in [0, 0.1) is 5.92 Å². The number of nitrogens with zero attached hydrogens (tertiary/aromatic N) is 1. The summed E-state index contributed by atoms with van der Waals surface area (Å²) in [5.74, 6) is -0.167. The lowest BCUT2D eigenvalue weighted by Gasteiger charge is -2.33. The van der Waals surface area contributed by atoms with Crippen molar-refractivity contribution >= 4 is 17.6 Å². The third-order valence-corrected chi connectivity index (χ3v) is 8.86. The van der Waals surface area contributed by atoms with E-state index in [4.69, 9.17) is 0 Å². The molecule has 0 aromatic heterocycles. The summed E-state index contributed by atoms with van der Waals surface area (Å²) in [7, 11) is 1.77. The normalized spacial score (nSPS) is 23.5. The standard InChI is InChI=1S/C33H46N4O3/c1-4-28(34-3)32(39)36-31-25(20-21-35-5-2)16-17-26-18-19-29(37(26)33(31)40)30(38)22-27(23-12-8-6-9-13-23)24-14-10-7-11-15-24/h6-15,25-29,31,34-35H,4-5,16-22H2,1-3H3,(H,36,39)/t25-,26+,28+,29+,31+/m1/s1. The van der Waals surface area contributed by atoms with Gasteiger partial charge in [0.25, 0.3) is 0 Å². The lowest BCUT2D eigenvalue weighted by molar-refractivity contribution is -0.143. The van der Waals surface area contributed by atoms with E-state index in [1.807, 2.05) is 48.2 Å². The van der Waals surface area contributed by atoms with Crippen molar-refractivity contribution in [3.8, 4) is 0 Å². The number of ketones is 1. The molecule has 2 amide bonds. The van der Waals surface area contributed by atoms with Gasteiger partial charge in [0, 0.05) is 18.4 Å². The second-order valence-electron chi connectivity index (χ2n) is 11.3. The fraction of sp³-hybridized carbons (Fsp3) is 0.545. The molecular weight excluding hydrogens is 500 g/mol. The van der Waals surface area contributed by atoms with Crippen LogP contribution in [0.25, 0.3) is 0 Å². The molecule has 4 rings (SSSR count). The summed E-state index contributed by atoms with van der Waals surface area (Å²) in [5.41, 5.74) is 2.20. The van der Waals surface area contributed by atoms with Crippen LogP contribution in [0.15, 0.2) is 60.7 Å². The summed E-state index contributed by atoms with van der Waals surface area (Å²) < 4.78 is 0. The van der Waals surface area contributed by atoms with E-state index in [0.717, 1.165) is 49.9 Å². The molecule has 2 aliphatic rings. The predicted molar refractivity (Wildman–Crippen MR) is 159 cm³/mol. The van der Waals surface area contributed by atoms with Gasteiger partial charge in [-0.15, -0.1) is 0 Å². The highest BCUT2D eigenvalue weighted by Crippen LogP contribution is 2.37. The first-order valence-corrected chi connectivity index (χ1v) is 15.1. The molecule has 0 bridgehead atoms. The molecule has 7 nitrogen and oxygen atoms in total. The highest BCUT2D eigenvalue weighted by Gasteiger charge is 2.47. The van der Waals surface area contributed by atoms with Crippen molar-refractivity contribution in [3.63, 3.8) is 0 Å². The number of fused-ring (bicyclic) bond motifs is 1. The van der Waals surface area contributed by atoms with E-state index >= 15 is 0 Å². The van der Waals surface area contributed by atoms with Crippen LogP contribution in [0.3, 0.4) is 0 Å². The third-order valence-electron chi connectivity index (χ3n) is 8.86. The summed E-state index contributed by atoms with van der Waals surface area (Å²) in [6.07, 6.45) is 5.03. The SMILES string of the molecule is CCNCC[C@H]1CC[C@H]2CC[C@@H](C(=O)CC(c3ccccc3)c3ccccc3)N2C(=O)[C@H]1NC(=O)[C@H](CC)NC. The first kappa shape index (κ1) is 29.9. The molecule has 0 aliphatic carbocycles. The molecule has 2 aromatic carbocycles. The predicted octanol–water partition coefficient (Wildman–Crippen LogP) is 4.03. The maximum absolute atomic E-state index is 14.3. The van der Waals surface area contributed by atoms with Gasteiger partial charge in [0.1, 0.15) is 6.04 Å². The van der Waals surface area contributed by atoms with Crippen LogP contribution in [-0.4, -0.2) is 66.8 Å². The number of hydrogen-bond acceptors (Lipinski definition) is 5. The molecule has 2 aliphatic heterocycles. The zero-order valence-corrected chi connectivity index (χ0v) is 24.3. The quantitative estimate of drug-likeness (QED) is 0.330. The highest BCUT2D eigenvalue weighted by atomic mass is 16.2. The van der Waals surface area contributed by atoms with Crippen molar-refractivity contribution in [2.24, 2.45) is 5.92 Å². The van der Waals surface area contributed by atoms with Gasteiger partial charge in [-0.05, 0) is 75.7 Å². The van der Waals surface area contributed by atoms with Crippen molar-refractivity contribution in [1.82, 2.24) is 20.9 Å². The summed E-state index contributed by atoms with van der Waals surface area (Å²) in [6.45, 7) is 5.69. The molecule has 2 aromatic rings. The Morgan fingerprint density at radius 3 is 2.12 bits per heavy atom. The van der Waals surface area contributed by atoms with Gasteiger partial charge in [0.15, 0.2) is 5.78 Å². The van der Waals surface area contributed by atoms with Gasteiger partial charge in [-0.1, -0.05) is 74.5 Å². The van der Waals surface area contributed by atoms with Crippen LogP contribution in [0.2, 0.25) is 0 Å². The van der Waals surface area contributed by atoms with Crippen LogP contribution in [-0.2, 0) is 14.4 Å². The van der Waals surface area contributed by atoms with Gasteiger partial charge in [-0.3, -0.25) is 14.4 Å². The Morgan fingerprint density at radius 1 is 0.925 bits per heavy atom. The van der Waals surface area contributed by atoms with E-state index in [1.54, 1.807) is 7.05 Å². The molecule has 216 valence electrons. The van der Waals surface area contributed by atoms with Gasteiger partial charge in [0.05, 0.1) is 12.1 Å². The minimum atomic E-state index is -0.619. The van der Waals surface area contributed by atoms with Crippen molar-refractivity contribution < 1.29 is 14.4 Å². The Balaban J connectivity index is 1.58. The monoisotopic (exact) mass is 546 g/mol. The smallest absolute Gasteiger partial charge is 0.246 e. The average Bonchev–Trinajstić information content (AvgIpc) is 3.37. The Labute approximate surface area is 239 Å². The minimum absolute atomic E-state index is 0.0348. The number of benzene rings is 2. The number of hydrogen-bond donors (Lipinski definition) is 3. The number of likely N-dealkylation sites (N-methyl/N-ethyl adjacent to an activating group) is 1. The number of nitrogens with one attached hydrogen (secondary N) is 3. The summed E-state index contributed by atoms with van der Waals surface area (Å²) >= 11 is 0. The zero-order chi connectivity index (χ0) is 28.5. The Bertz CT molecular complexity index is 1070. The number of Topliss-reactive ketones (excluding diaryl/α,β-unsaturated/α-hetero) is 1. The molecular formula is C33H46N4O3. The first-order valence-electron chi connectivity index (χ1n) is 15.1. The van der Waals surface area contributed by atoms with E-state index < -0.39 is 12.1 Å². The lowest BCUT2D eigenvalue weighted by atomic mass is 9.85. The van der Waals surface area contributed by atoms with Gasteiger partial charge in [0.2, 0.25) is 11.8 Å². The highest BCUT2D eigenvalue weighted by molar-refractivity contribution is 5.95. The topological polar surface area (TPSA) is 90.5 Å². The fourth-order valence-electron chi connectivity index (χ4n) is 6.62. The molecule has 0 spiro atoms. The largest absolute Gasteiger partial charge is 0.343 e. The van der Waals surface area contributed by atoms with Crippen LogP contribution >= 0.6 is 0 Å². The maximum atomic E-state index is 14.3. The van der Waals surface area contributed by atoms with E-state index in [0.29, 0.717) is 19.3 Å². The average molecular weight is 547 g/mol. The van der Waals surface area contributed by atoms with Crippen LogP contribution in [0.5, 0.6) is 0 Å². The van der Waals surface area contributed by atoms with Gasteiger partial charge >= 0.3 is 0 Å².